The van der Waals surface area contributed by atoms with E-state index in [0.29, 0.717) is 13.0 Å². The van der Waals surface area contributed by atoms with E-state index in [2.05, 4.69) is 19.9 Å². The van der Waals surface area contributed by atoms with Crippen molar-refractivity contribution in [3.05, 3.63) is 59.6 Å². The molecule has 29 heavy (non-hydrogen) atoms. The summed E-state index contributed by atoms with van der Waals surface area (Å²) in [4.78, 5) is 5.99. The summed E-state index contributed by atoms with van der Waals surface area (Å²) in [6.45, 7) is 1.26. The van der Waals surface area contributed by atoms with E-state index in [4.69, 9.17) is 11.6 Å². The fourth-order valence-corrected chi connectivity index (χ4v) is 4.90. The van der Waals surface area contributed by atoms with Crippen molar-refractivity contribution in [1.82, 2.24) is 19.9 Å². The molecule has 3 aromatic rings. The Bertz CT molecular complexity index is 1110. The largest absolute Gasteiger partial charge is 0.354 e. The van der Waals surface area contributed by atoms with Crippen LogP contribution < -0.4 is 9.62 Å². The third-order valence-electron chi connectivity index (χ3n) is 4.82. The first-order valence-corrected chi connectivity index (χ1v) is 11.0. The average Bonchev–Trinajstić information content (AvgIpc) is 3.21. The van der Waals surface area contributed by atoms with Crippen molar-refractivity contribution in [2.45, 2.75) is 23.8 Å². The van der Waals surface area contributed by atoms with Gasteiger partial charge in [-0.2, -0.15) is 5.10 Å². The molecule has 0 spiro atoms. The molecule has 1 atom stereocenters. The van der Waals surface area contributed by atoms with E-state index in [9.17, 15) is 12.8 Å². The molecule has 2 N–H and O–H groups in total. The summed E-state index contributed by atoms with van der Waals surface area (Å²) in [6, 6.07) is 8.79. The summed E-state index contributed by atoms with van der Waals surface area (Å²) >= 11 is 5.73. The quantitative estimate of drug-likeness (QED) is 0.642. The molecule has 7 nitrogen and oxygen atoms in total. The highest BCUT2D eigenvalue weighted by Gasteiger charge is 2.27. The molecule has 1 unspecified atom stereocenters. The molecule has 152 valence electrons. The molecule has 1 fully saturated rings. The highest BCUT2D eigenvalue weighted by Crippen LogP contribution is 2.25. The van der Waals surface area contributed by atoms with Crippen LogP contribution in [0.2, 0.25) is 5.02 Å². The van der Waals surface area contributed by atoms with Crippen molar-refractivity contribution in [2.75, 3.05) is 18.0 Å². The van der Waals surface area contributed by atoms with Crippen LogP contribution in [-0.2, 0) is 10.0 Å². The zero-order valence-electron chi connectivity index (χ0n) is 15.3. The zero-order chi connectivity index (χ0) is 20.4. The number of benzene rings is 1. The van der Waals surface area contributed by atoms with Gasteiger partial charge in [0.15, 0.2) is 5.82 Å². The van der Waals surface area contributed by atoms with Crippen molar-refractivity contribution in [2.24, 2.45) is 0 Å². The lowest BCUT2D eigenvalue weighted by Gasteiger charge is -2.33. The Balaban J connectivity index is 1.47. The number of aromatic amines is 1. The van der Waals surface area contributed by atoms with Gasteiger partial charge in [-0.1, -0.05) is 11.6 Å². The SMILES string of the molecule is O=S(=O)(NC1CCCN(c2cc(-c3ccncc3)[nH]n2)C1)c1ccc(F)c(Cl)c1. The minimum atomic E-state index is -3.81. The number of hydrogen-bond acceptors (Lipinski definition) is 5. The van der Waals surface area contributed by atoms with Gasteiger partial charge in [0.2, 0.25) is 10.0 Å². The number of sulfonamides is 1. The normalized spacial score (nSPS) is 17.4. The molecule has 1 saturated heterocycles. The van der Waals surface area contributed by atoms with Crippen molar-refractivity contribution in [1.29, 1.82) is 0 Å². The first-order valence-electron chi connectivity index (χ1n) is 9.10. The topological polar surface area (TPSA) is 91.0 Å². The first kappa shape index (κ1) is 19.8. The molecule has 3 heterocycles. The van der Waals surface area contributed by atoms with Crippen LogP contribution in [0.5, 0.6) is 0 Å². The minimum Gasteiger partial charge on any atom is -0.354 e. The Hall–Kier alpha value is -2.49. The van der Waals surface area contributed by atoms with Gasteiger partial charge in [0, 0.05) is 43.2 Å². The monoisotopic (exact) mass is 435 g/mol. The molecular formula is C19H19ClFN5O2S. The second-order valence-corrected chi connectivity index (χ2v) is 8.98. The summed E-state index contributed by atoms with van der Waals surface area (Å²) in [7, 11) is -3.81. The van der Waals surface area contributed by atoms with Gasteiger partial charge in [-0.3, -0.25) is 10.1 Å². The van der Waals surface area contributed by atoms with Crippen LogP contribution in [-0.4, -0.2) is 42.7 Å². The van der Waals surface area contributed by atoms with E-state index in [0.717, 1.165) is 42.2 Å². The number of aromatic nitrogens is 3. The van der Waals surface area contributed by atoms with Gasteiger partial charge in [0.1, 0.15) is 5.82 Å². The number of H-pyrrole nitrogens is 1. The fraction of sp³-hybridized carbons (Fsp3) is 0.263. The van der Waals surface area contributed by atoms with E-state index in [1.54, 1.807) is 12.4 Å². The summed E-state index contributed by atoms with van der Waals surface area (Å²) in [5, 5.41) is 7.16. The van der Waals surface area contributed by atoms with Crippen molar-refractivity contribution in [3.8, 4) is 11.3 Å². The molecule has 0 bridgehead atoms. The van der Waals surface area contributed by atoms with Crippen LogP contribution in [0.4, 0.5) is 10.2 Å². The predicted molar refractivity (Wildman–Crippen MR) is 109 cm³/mol. The smallest absolute Gasteiger partial charge is 0.240 e. The maximum Gasteiger partial charge on any atom is 0.240 e. The highest BCUT2D eigenvalue weighted by atomic mass is 35.5. The van der Waals surface area contributed by atoms with Gasteiger partial charge >= 0.3 is 0 Å². The maximum atomic E-state index is 13.3. The van der Waals surface area contributed by atoms with Gasteiger partial charge in [-0.15, -0.1) is 0 Å². The Morgan fingerprint density at radius 3 is 2.76 bits per heavy atom. The van der Waals surface area contributed by atoms with Crippen molar-refractivity contribution < 1.29 is 12.8 Å². The summed E-state index contributed by atoms with van der Waals surface area (Å²) in [5.41, 5.74) is 1.84. The Kier molecular flexibility index (Phi) is 5.53. The lowest BCUT2D eigenvalue weighted by atomic mass is 10.1. The predicted octanol–water partition coefficient (Wildman–Crippen LogP) is 3.21. The van der Waals surface area contributed by atoms with Crippen LogP contribution in [0.1, 0.15) is 12.8 Å². The van der Waals surface area contributed by atoms with Gasteiger partial charge < -0.3 is 4.90 Å². The van der Waals surface area contributed by atoms with E-state index in [-0.39, 0.29) is 16.0 Å². The van der Waals surface area contributed by atoms with Gasteiger partial charge in [-0.25, -0.2) is 17.5 Å². The van der Waals surface area contributed by atoms with Crippen LogP contribution >= 0.6 is 11.6 Å². The molecule has 0 radical (unpaired) electrons. The number of rotatable bonds is 5. The van der Waals surface area contributed by atoms with Crippen LogP contribution in [0, 0.1) is 5.82 Å². The first-order chi connectivity index (χ1) is 13.9. The van der Waals surface area contributed by atoms with Crippen LogP contribution in [0.25, 0.3) is 11.3 Å². The zero-order valence-corrected chi connectivity index (χ0v) is 16.9. The third-order valence-corrected chi connectivity index (χ3v) is 6.63. The molecule has 4 rings (SSSR count). The Morgan fingerprint density at radius 1 is 1.21 bits per heavy atom. The number of nitrogens with one attached hydrogen (secondary N) is 2. The average molecular weight is 436 g/mol. The van der Waals surface area contributed by atoms with Crippen molar-refractivity contribution >= 4 is 27.4 Å². The maximum absolute atomic E-state index is 13.3. The highest BCUT2D eigenvalue weighted by molar-refractivity contribution is 7.89. The van der Waals surface area contributed by atoms with Gasteiger partial charge in [0.25, 0.3) is 0 Å². The van der Waals surface area contributed by atoms with Crippen LogP contribution in [0.15, 0.2) is 53.7 Å². The molecule has 1 aliphatic heterocycles. The Labute approximate surface area is 173 Å². The standard InChI is InChI=1S/C19H19ClFN5O2S/c20-16-10-15(3-4-17(16)21)29(27,28)25-14-2-1-9-26(12-14)19-11-18(23-24-19)13-5-7-22-8-6-13/h3-8,10-11,14,25H,1-2,9,12H2,(H,23,24). The number of halogens is 2. The molecule has 0 saturated carbocycles. The minimum absolute atomic E-state index is 0.0548. The third kappa shape index (κ3) is 4.42. The van der Waals surface area contributed by atoms with Gasteiger partial charge in [-0.05, 0) is 43.2 Å². The molecule has 1 aliphatic rings. The lowest BCUT2D eigenvalue weighted by molar-refractivity contribution is 0.464. The van der Waals surface area contributed by atoms with E-state index in [1.807, 2.05) is 23.1 Å². The summed E-state index contributed by atoms with van der Waals surface area (Å²) in [6.07, 6.45) is 4.94. The molecule has 0 aliphatic carbocycles. The van der Waals surface area contributed by atoms with Crippen molar-refractivity contribution in [3.63, 3.8) is 0 Å². The second-order valence-electron chi connectivity index (χ2n) is 6.86. The molecule has 1 aromatic carbocycles. The fourth-order valence-electron chi connectivity index (χ4n) is 3.37. The van der Waals surface area contributed by atoms with Gasteiger partial charge in [0.05, 0.1) is 15.6 Å². The second kappa shape index (κ2) is 8.10. The lowest BCUT2D eigenvalue weighted by Crippen LogP contribution is -2.47. The molecular weight excluding hydrogens is 417 g/mol. The van der Waals surface area contributed by atoms with E-state index in [1.165, 1.54) is 6.07 Å². The number of hydrogen-bond donors (Lipinski definition) is 2. The molecule has 2 aromatic heterocycles. The van der Waals surface area contributed by atoms with E-state index >= 15 is 0 Å². The van der Waals surface area contributed by atoms with Crippen LogP contribution in [0.3, 0.4) is 0 Å². The molecule has 0 amide bonds. The number of anilines is 1. The summed E-state index contributed by atoms with van der Waals surface area (Å²) < 4.78 is 41.4. The number of nitrogens with zero attached hydrogens (tertiary/aromatic N) is 3. The van der Waals surface area contributed by atoms with E-state index < -0.39 is 15.8 Å². The molecule has 10 heteroatoms. The number of piperidine rings is 1. The Morgan fingerprint density at radius 2 is 2.00 bits per heavy atom. The number of pyridine rings is 1. The summed E-state index contributed by atoms with van der Waals surface area (Å²) in [5.74, 6) is 0.100.